The molecule has 1 saturated carbocycles. The van der Waals surface area contributed by atoms with E-state index in [1.165, 1.54) is 12.8 Å². The average molecular weight is 262 g/mol. The van der Waals surface area contributed by atoms with Crippen molar-refractivity contribution < 1.29 is 4.39 Å². The Hall–Kier alpha value is -0.930. The van der Waals surface area contributed by atoms with E-state index in [4.69, 9.17) is 5.73 Å². The number of rotatable bonds is 2. The van der Waals surface area contributed by atoms with E-state index in [2.05, 4.69) is 4.90 Å². The van der Waals surface area contributed by atoms with E-state index in [1.54, 1.807) is 12.1 Å². The number of nitrogens with zero attached hydrogens (tertiary/aromatic N) is 1. The lowest BCUT2D eigenvalue weighted by Gasteiger charge is -2.34. The Bertz CT molecular complexity index is 427. The minimum absolute atomic E-state index is 0.0332. The summed E-state index contributed by atoms with van der Waals surface area (Å²) in [6.45, 7) is 2.20. The molecule has 1 aromatic carbocycles. The van der Waals surface area contributed by atoms with Gasteiger partial charge in [0, 0.05) is 25.2 Å². The third-order valence-electron chi connectivity index (χ3n) is 4.81. The molecular formula is C16H23FN2. The Morgan fingerprint density at radius 3 is 2.42 bits per heavy atom. The fourth-order valence-electron chi connectivity index (χ4n) is 3.71. The predicted octanol–water partition coefficient (Wildman–Crippen LogP) is 2.88. The molecular weight excluding hydrogens is 239 g/mol. The quantitative estimate of drug-likeness (QED) is 0.888. The highest BCUT2D eigenvalue weighted by molar-refractivity contribution is 5.22. The first-order valence-corrected chi connectivity index (χ1v) is 7.48. The molecule has 0 radical (unpaired) electrons. The van der Waals surface area contributed by atoms with Gasteiger partial charge in [0.05, 0.1) is 0 Å². The Labute approximate surface area is 114 Å². The van der Waals surface area contributed by atoms with E-state index >= 15 is 0 Å². The number of likely N-dealkylation sites (tertiary alicyclic amines) is 1. The highest BCUT2D eigenvalue weighted by Gasteiger charge is 2.30. The SMILES string of the molecule is NC1CCN(C2CCC(c3ccccc3F)CC2)C1. The summed E-state index contributed by atoms with van der Waals surface area (Å²) in [7, 11) is 0. The molecule has 104 valence electrons. The van der Waals surface area contributed by atoms with Gasteiger partial charge in [0.15, 0.2) is 0 Å². The zero-order valence-corrected chi connectivity index (χ0v) is 11.4. The van der Waals surface area contributed by atoms with E-state index in [0.29, 0.717) is 18.0 Å². The molecule has 0 bridgehead atoms. The molecule has 1 saturated heterocycles. The summed E-state index contributed by atoms with van der Waals surface area (Å²) in [6.07, 6.45) is 5.72. The van der Waals surface area contributed by atoms with Gasteiger partial charge in [-0.05, 0) is 49.7 Å². The predicted molar refractivity (Wildman–Crippen MR) is 75.6 cm³/mol. The van der Waals surface area contributed by atoms with Crippen molar-refractivity contribution in [1.29, 1.82) is 0 Å². The summed E-state index contributed by atoms with van der Waals surface area (Å²) in [6, 6.07) is 8.30. The molecule has 1 aliphatic heterocycles. The van der Waals surface area contributed by atoms with Crippen LogP contribution in [-0.2, 0) is 0 Å². The standard InChI is InChI=1S/C16H23FN2/c17-16-4-2-1-3-15(16)12-5-7-14(8-6-12)19-10-9-13(18)11-19/h1-4,12-14H,5-11,18H2. The topological polar surface area (TPSA) is 29.3 Å². The van der Waals surface area contributed by atoms with Gasteiger partial charge in [0.25, 0.3) is 0 Å². The molecule has 0 spiro atoms. The first-order valence-electron chi connectivity index (χ1n) is 7.48. The highest BCUT2D eigenvalue weighted by atomic mass is 19.1. The van der Waals surface area contributed by atoms with Crippen molar-refractivity contribution in [2.45, 2.75) is 50.1 Å². The van der Waals surface area contributed by atoms with Crippen molar-refractivity contribution in [2.75, 3.05) is 13.1 Å². The maximum atomic E-state index is 13.8. The summed E-state index contributed by atoms with van der Waals surface area (Å²) in [5.74, 6) is 0.378. The van der Waals surface area contributed by atoms with E-state index in [-0.39, 0.29) is 5.82 Å². The monoisotopic (exact) mass is 262 g/mol. The van der Waals surface area contributed by atoms with Crippen LogP contribution in [0.15, 0.2) is 24.3 Å². The number of halogens is 1. The van der Waals surface area contributed by atoms with E-state index in [0.717, 1.165) is 37.9 Å². The summed E-state index contributed by atoms with van der Waals surface area (Å²) in [5.41, 5.74) is 6.89. The van der Waals surface area contributed by atoms with Gasteiger partial charge in [-0.15, -0.1) is 0 Å². The molecule has 3 rings (SSSR count). The summed E-state index contributed by atoms with van der Waals surface area (Å²) < 4.78 is 13.8. The van der Waals surface area contributed by atoms with Crippen LogP contribution in [0, 0.1) is 5.82 Å². The minimum atomic E-state index is -0.0332. The van der Waals surface area contributed by atoms with Crippen molar-refractivity contribution in [2.24, 2.45) is 5.73 Å². The van der Waals surface area contributed by atoms with Crippen LogP contribution in [0.2, 0.25) is 0 Å². The van der Waals surface area contributed by atoms with Crippen LogP contribution in [0.25, 0.3) is 0 Å². The summed E-state index contributed by atoms with van der Waals surface area (Å²) in [4.78, 5) is 2.54. The zero-order chi connectivity index (χ0) is 13.2. The van der Waals surface area contributed by atoms with Crippen LogP contribution in [-0.4, -0.2) is 30.1 Å². The second kappa shape index (κ2) is 5.59. The van der Waals surface area contributed by atoms with Crippen molar-refractivity contribution in [3.05, 3.63) is 35.6 Å². The summed E-state index contributed by atoms with van der Waals surface area (Å²) in [5, 5.41) is 0. The second-order valence-corrected chi connectivity index (χ2v) is 6.07. The molecule has 2 aliphatic rings. The third-order valence-corrected chi connectivity index (χ3v) is 4.81. The molecule has 1 atom stereocenters. The van der Waals surface area contributed by atoms with Gasteiger partial charge in [0.1, 0.15) is 5.82 Å². The normalized spacial score (nSPS) is 32.6. The molecule has 1 unspecified atom stereocenters. The van der Waals surface area contributed by atoms with Crippen LogP contribution >= 0.6 is 0 Å². The molecule has 19 heavy (non-hydrogen) atoms. The molecule has 0 aromatic heterocycles. The van der Waals surface area contributed by atoms with Crippen LogP contribution in [0.5, 0.6) is 0 Å². The lowest BCUT2D eigenvalue weighted by molar-refractivity contribution is 0.179. The smallest absolute Gasteiger partial charge is 0.126 e. The first kappa shape index (κ1) is 13.1. The maximum Gasteiger partial charge on any atom is 0.126 e. The number of nitrogens with two attached hydrogens (primary N) is 1. The Kier molecular flexibility index (Phi) is 3.85. The Morgan fingerprint density at radius 2 is 1.79 bits per heavy atom. The zero-order valence-electron chi connectivity index (χ0n) is 11.4. The van der Waals surface area contributed by atoms with Gasteiger partial charge in [-0.2, -0.15) is 0 Å². The molecule has 3 heteroatoms. The van der Waals surface area contributed by atoms with Crippen LogP contribution in [0.1, 0.15) is 43.6 Å². The Morgan fingerprint density at radius 1 is 1.05 bits per heavy atom. The molecule has 0 amide bonds. The molecule has 2 nitrogen and oxygen atoms in total. The van der Waals surface area contributed by atoms with Gasteiger partial charge in [-0.3, -0.25) is 4.90 Å². The van der Waals surface area contributed by atoms with Gasteiger partial charge in [0.2, 0.25) is 0 Å². The van der Waals surface area contributed by atoms with Gasteiger partial charge in [-0.25, -0.2) is 4.39 Å². The van der Waals surface area contributed by atoms with Crippen LogP contribution in [0.3, 0.4) is 0 Å². The first-order chi connectivity index (χ1) is 9.24. The van der Waals surface area contributed by atoms with Crippen LogP contribution in [0.4, 0.5) is 4.39 Å². The van der Waals surface area contributed by atoms with Crippen LogP contribution < -0.4 is 5.73 Å². The van der Waals surface area contributed by atoms with Crippen molar-refractivity contribution >= 4 is 0 Å². The average Bonchev–Trinajstić information content (AvgIpc) is 2.86. The van der Waals surface area contributed by atoms with Crippen molar-refractivity contribution in [3.63, 3.8) is 0 Å². The molecule has 1 heterocycles. The van der Waals surface area contributed by atoms with Gasteiger partial charge >= 0.3 is 0 Å². The van der Waals surface area contributed by atoms with Crippen molar-refractivity contribution in [1.82, 2.24) is 4.90 Å². The van der Waals surface area contributed by atoms with E-state index < -0.39 is 0 Å². The largest absolute Gasteiger partial charge is 0.326 e. The molecule has 2 fully saturated rings. The third kappa shape index (κ3) is 2.82. The van der Waals surface area contributed by atoms with Crippen molar-refractivity contribution in [3.8, 4) is 0 Å². The van der Waals surface area contributed by atoms with E-state index in [9.17, 15) is 4.39 Å². The van der Waals surface area contributed by atoms with E-state index in [1.807, 2.05) is 12.1 Å². The maximum absolute atomic E-state index is 13.8. The fraction of sp³-hybridized carbons (Fsp3) is 0.625. The van der Waals surface area contributed by atoms with Gasteiger partial charge < -0.3 is 5.73 Å². The number of benzene rings is 1. The molecule has 1 aliphatic carbocycles. The molecule has 2 N–H and O–H groups in total. The minimum Gasteiger partial charge on any atom is -0.326 e. The Balaban J connectivity index is 1.59. The lowest BCUT2D eigenvalue weighted by Crippen LogP contribution is -2.37. The lowest BCUT2D eigenvalue weighted by atomic mass is 9.81. The molecule has 1 aromatic rings. The van der Waals surface area contributed by atoms with Gasteiger partial charge in [-0.1, -0.05) is 18.2 Å². The number of hydrogen-bond acceptors (Lipinski definition) is 2. The second-order valence-electron chi connectivity index (χ2n) is 6.07. The fourth-order valence-corrected chi connectivity index (χ4v) is 3.71. The number of hydrogen-bond donors (Lipinski definition) is 1. The summed E-state index contributed by atoms with van der Waals surface area (Å²) >= 11 is 0. The highest BCUT2D eigenvalue weighted by Crippen LogP contribution is 2.36.